The molecule has 80 valence electrons. The van der Waals surface area contributed by atoms with Crippen LogP contribution in [0, 0.1) is 23.7 Å². The molecule has 2 aliphatic rings. The number of hydrogen-bond donors (Lipinski definition) is 0. The zero-order chi connectivity index (χ0) is 10.3. The van der Waals surface area contributed by atoms with Gasteiger partial charge in [0.25, 0.3) is 0 Å². The van der Waals surface area contributed by atoms with Crippen LogP contribution in [0.25, 0.3) is 0 Å². The highest BCUT2D eigenvalue weighted by Gasteiger charge is 2.32. The van der Waals surface area contributed by atoms with Gasteiger partial charge in [0.2, 0.25) is 0 Å². The number of rotatable bonds is 0. The van der Waals surface area contributed by atoms with E-state index < -0.39 is 0 Å². The van der Waals surface area contributed by atoms with E-state index in [4.69, 9.17) is 0 Å². The first kappa shape index (κ1) is 10.3. The van der Waals surface area contributed by atoms with Crippen molar-refractivity contribution in [2.75, 3.05) is 0 Å². The molecule has 4 unspecified atom stereocenters. The lowest BCUT2D eigenvalue weighted by atomic mass is 9.66. The maximum absolute atomic E-state index is 2.45. The molecule has 14 heavy (non-hydrogen) atoms. The molecule has 0 saturated carbocycles. The van der Waals surface area contributed by atoms with Crippen molar-refractivity contribution in [3.63, 3.8) is 0 Å². The lowest BCUT2D eigenvalue weighted by Gasteiger charge is -2.40. The van der Waals surface area contributed by atoms with Gasteiger partial charge in [0.15, 0.2) is 0 Å². The van der Waals surface area contributed by atoms with Gasteiger partial charge in [-0.3, -0.25) is 0 Å². The van der Waals surface area contributed by atoms with Crippen LogP contribution in [0.15, 0.2) is 11.1 Å². The SMILES string of the molecule is CC1CCC2=C(C1)C(C)C(C)C(C)C2. The Morgan fingerprint density at radius 1 is 1.00 bits per heavy atom. The van der Waals surface area contributed by atoms with E-state index >= 15 is 0 Å². The van der Waals surface area contributed by atoms with Crippen LogP contribution in [-0.4, -0.2) is 0 Å². The highest BCUT2D eigenvalue weighted by molar-refractivity contribution is 5.24. The summed E-state index contributed by atoms with van der Waals surface area (Å²) in [6.07, 6.45) is 5.63. The molecule has 0 aromatic rings. The summed E-state index contributed by atoms with van der Waals surface area (Å²) in [4.78, 5) is 0. The average molecular weight is 192 g/mol. The summed E-state index contributed by atoms with van der Waals surface area (Å²) < 4.78 is 0. The monoisotopic (exact) mass is 192 g/mol. The predicted octanol–water partition coefficient (Wildman–Crippen LogP) is 4.42. The smallest absolute Gasteiger partial charge is 0.0200 e. The second-order valence-electron chi connectivity index (χ2n) is 5.81. The van der Waals surface area contributed by atoms with E-state index in [2.05, 4.69) is 27.7 Å². The normalized spacial score (nSPS) is 43.7. The first-order valence-corrected chi connectivity index (χ1v) is 6.30. The molecule has 0 aliphatic heterocycles. The molecule has 0 heterocycles. The van der Waals surface area contributed by atoms with Crippen LogP contribution in [0.5, 0.6) is 0 Å². The van der Waals surface area contributed by atoms with Crippen molar-refractivity contribution in [3.05, 3.63) is 11.1 Å². The van der Waals surface area contributed by atoms with Crippen molar-refractivity contribution in [2.24, 2.45) is 23.7 Å². The minimum atomic E-state index is 0.858. The van der Waals surface area contributed by atoms with E-state index in [1.165, 1.54) is 25.7 Å². The van der Waals surface area contributed by atoms with Gasteiger partial charge in [-0.15, -0.1) is 0 Å². The van der Waals surface area contributed by atoms with Crippen molar-refractivity contribution in [3.8, 4) is 0 Å². The summed E-state index contributed by atoms with van der Waals surface area (Å²) in [6.45, 7) is 9.74. The molecular formula is C14H24. The van der Waals surface area contributed by atoms with E-state index in [1.54, 1.807) is 0 Å². The van der Waals surface area contributed by atoms with Gasteiger partial charge >= 0.3 is 0 Å². The van der Waals surface area contributed by atoms with Gasteiger partial charge in [0, 0.05) is 0 Å². The third-order valence-corrected chi connectivity index (χ3v) is 4.77. The fraction of sp³-hybridized carbons (Fsp3) is 0.857. The summed E-state index contributed by atoms with van der Waals surface area (Å²) in [5.74, 6) is 3.62. The minimum absolute atomic E-state index is 0.858. The van der Waals surface area contributed by atoms with Crippen LogP contribution in [0.3, 0.4) is 0 Å². The molecule has 2 aliphatic carbocycles. The van der Waals surface area contributed by atoms with Crippen LogP contribution < -0.4 is 0 Å². The third-order valence-electron chi connectivity index (χ3n) is 4.77. The molecular weight excluding hydrogens is 168 g/mol. The predicted molar refractivity (Wildman–Crippen MR) is 62.2 cm³/mol. The molecule has 0 fully saturated rings. The fourth-order valence-electron chi connectivity index (χ4n) is 3.33. The summed E-state index contributed by atoms with van der Waals surface area (Å²) in [5.41, 5.74) is 3.68. The summed E-state index contributed by atoms with van der Waals surface area (Å²) in [7, 11) is 0. The van der Waals surface area contributed by atoms with Crippen LogP contribution in [-0.2, 0) is 0 Å². The quantitative estimate of drug-likeness (QED) is 0.499. The summed E-state index contributed by atoms with van der Waals surface area (Å²) >= 11 is 0. The van der Waals surface area contributed by atoms with Gasteiger partial charge in [-0.1, -0.05) is 38.8 Å². The molecule has 0 aromatic carbocycles. The first-order chi connectivity index (χ1) is 6.59. The molecule has 0 amide bonds. The highest BCUT2D eigenvalue weighted by Crippen LogP contribution is 2.45. The maximum atomic E-state index is 2.45. The van der Waals surface area contributed by atoms with Crippen LogP contribution >= 0.6 is 0 Å². The van der Waals surface area contributed by atoms with E-state index in [0.29, 0.717) is 0 Å². The number of allylic oxidation sites excluding steroid dienone is 2. The van der Waals surface area contributed by atoms with E-state index in [9.17, 15) is 0 Å². The Bertz CT molecular complexity index is 249. The van der Waals surface area contributed by atoms with Gasteiger partial charge in [-0.2, -0.15) is 0 Å². The second-order valence-corrected chi connectivity index (χ2v) is 5.81. The van der Waals surface area contributed by atoms with Crippen LogP contribution in [0.4, 0.5) is 0 Å². The zero-order valence-electron chi connectivity index (χ0n) is 10.1. The van der Waals surface area contributed by atoms with Crippen molar-refractivity contribution in [2.45, 2.75) is 53.4 Å². The molecule has 0 saturated heterocycles. The van der Waals surface area contributed by atoms with Gasteiger partial charge < -0.3 is 0 Å². The Balaban J connectivity index is 2.24. The molecule has 0 radical (unpaired) electrons. The third kappa shape index (κ3) is 1.64. The van der Waals surface area contributed by atoms with Crippen molar-refractivity contribution in [1.29, 1.82) is 0 Å². The second kappa shape index (κ2) is 3.72. The first-order valence-electron chi connectivity index (χ1n) is 6.30. The summed E-state index contributed by atoms with van der Waals surface area (Å²) in [6, 6.07) is 0. The van der Waals surface area contributed by atoms with Crippen molar-refractivity contribution in [1.82, 2.24) is 0 Å². The Morgan fingerprint density at radius 2 is 1.71 bits per heavy atom. The molecule has 0 spiro atoms. The zero-order valence-corrected chi connectivity index (χ0v) is 10.1. The summed E-state index contributed by atoms with van der Waals surface area (Å²) in [5, 5.41) is 0. The van der Waals surface area contributed by atoms with Crippen molar-refractivity contribution < 1.29 is 0 Å². The molecule has 4 atom stereocenters. The maximum Gasteiger partial charge on any atom is -0.0200 e. The molecule has 0 aromatic heterocycles. The van der Waals surface area contributed by atoms with E-state index in [-0.39, 0.29) is 0 Å². The minimum Gasteiger partial charge on any atom is -0.0704 e. The van der Waals surface area contributed by atoms with Gasteiger partial charge in [-0.25, -0.2) is 0 Å². The lowest BCUT2D eigenvalue weighted by Crippen LogP contribution is -2.28. The lowest BCUT2D eigenvalue weighted by molar-refractivity contribution is 0.255. The topological polar surface area (TPSA) is 0 Å². The molecule has 2 rings (SSSR count). The average Bonchev–Trinajstić information content (AvgIpc) is 2.16. The fourth-order valence-corrected chi connectivity index (χ4v) is 3.33. The Labute approximate surface area is 88.8 Å². The molecule has 0 heteroatoms. The molecule has 0 bridgehead atoms. The largest absolute Gasteiger partial charge is 0.0704 e. The standard InChI is InChI=1S/C14H24/c1-9-5-6-13-8-10(2)11(3)12(4)14(13)7-9/h9-12H,5-8H2,1-4H3. The Hall–Kier alpha value is -0.260. The van der Waals surface area contributed by atoms with Gasteiger partial charge in [0.05, 0.1) is 0 Å². The van der Waals surface area contributed by atoms with Crippen LogP contribution in [0.1, 0.15) is 53.4 Å². The van der Waals surface area contributed by atoms with Gasteiger partial charge in [0.1, 0.15) is 0 Å². The highest BCUT2D eigenvalue weighted by atomic mass is 14.4. The van der Waals surface area contributed by atoms with Gasteiger partial charge in [-0.05, 0) is 49.4 Å². The molecule has 0 nitrogen and oxygen atoms in total. The van der Waals surface area contributed by atoms with E-state index in [0.717, 1.165) is 23.7 Å². The van der Waals surface area contributed by atoms with Crippen LogP contribution in [0.2, 0.25) is 0 Å². The Morgan fingerprint density at radius 3 is 2.43 bits per heavy atom. The Kier molecular flexibility index (Phi) is 2.72. The molecule has 0 N–H and O–H groups in total. The van der Waals surface area contributed by atoms with Crippen molar-refractivity contribution >= 4 is 0 Å². The van der Waals surface area contributed by atoms with E-state index in [1.807, 2.05) is 11.1 Å². The number of hydrogen-bond acceptors (Lipinski definition) is 0.